The zero-order valence-corrected chi connectivity index (χ0v) is 15.3. The van der Waals surface area contributed by atoms with Crippen molar-refractivity contribution < 1.29 is 4.79 Å². The minimum atomic E-state index is -0.00996. The van der Waals surface area contributed by atoms with Crippen LogP contribution in [0.5, 0.6) is 0 Å². The zero-order valence-electron chi connectivity index (χ0n) is 13.7. The van der Waals surface area contributed by atoms with Crippen molar-refractivity contribution in [1.82, 2.24) is 15.1 Å². The zero-order chi connectivity index (χ0) is 16.9. The number of anilines is 2. The summed E-state index contributed by atoms with van der Waals surface area (Å²) in [6.45, 7) is 2.95. The van der Waals surface area contributed by atoms with Gasteiger partial charge in [-0.05, 0) is 62.1 Å². The van der Waals surface area contributed by atoms with Crippen molar-refractivity contribution in [3.05, 3.63) is 46.6 Å². The van der Waals surface area contributed by atoms with E-state index in [1.165, 1.54) is 6.42 Å². The molecule has 0 bridgehead atoms. The molecule has 1 aromatic carbocycles. The number of aromatic nitrogens is 2. The molecule has 1 N–H and O–H groups in total. The maximum absolute atomic E-state index is 12.7. The predicted molar refractivity (Wildman–Crippen MR) is 98.4 cm³/mol. The van der Waals surface area contributed by atoms with Gasteiger partial charge >= 0.3 is 0 Å². The molecule has 1 saturated heterocycles. The number of nitrogens with zero attached hydrogens (tertiary/aromatic N) is 3. The number of benzene rings is 1. The van der Waals surface area contributed by atoms with Crippen molar-refractivity contribution in [2.24, 2.45) is 0 Å². The largest absolute Gasteiger partial charge is 0.339 e. The summed E-state index contributed by atoms with van der Waals surface area (Å²) < 4.78 is 1.02. The quantitative estimate of drug-likeness (QED) is 0.843. The fraction of sp³-hybridized carbons (Fsp3) is 0.389. The van der Waals surface area contributed by atoms with Gasteiger partial charge in [0.25, 0.3) is 5.91 Å². The SMILES string of the molecule is CCC1CCCCN1C(=O)c1ccc(Nc2ccc(Br)cc2)nn1. The van der Waals surface area contributed by atoms with Gasteiger partial charge in [0.2, 0.25) is 0 Å². The number of nitrogens with one attached hydrogen (secondary N) is 1. The van der Waals surface area contributed by atoms with Crippen LogP contribution in [0, 0.1) is 0 Å². The minimum Gasteiger partial charge on any atom is -0.339 e. The number of hydrogen-bond acceptors (Lipinski definition) is 4. The second-order valence-electron chi connectivity index (χ2n) is 5.99. The second kappa shape index (κ2) is 7.75. The van der Waals surface area contributed by atoms with Gasteiger partial charge in [-0.15, -0.1) is 10.2 Å². The Labute approximate surface area is 150 Å². The lowest BCUT2D eigenvalue weighted by Crippen LogP contribution is -2.43. The Hall–Kier alpha value is -1.95. The lowest BCUT2D eigenvalue weighted by Gasteiger charge is -2.34. The highest BCUT2D eigenvalue weighted by molar-refractivity contribution is 9.10. The fourth-order valence-electron chi connectivity index (χ4n) is 3.03. The first-order chi connectivity index (χ1) is 11.7. The number of carbonyl (C=O) groups is 1. The highest BCUT2D eigenvalue weighted by Gasteiger charge is 2.27. The molecular weight excluding hydrogens is 368 g/mol. The van der Waals surface area contributed by atoms with Gasteiger partial charge in [0.05, 0.1) is 0 Å². The van der Waals surface area contributed by atoms with Crippen LogP contribution >= 0.6 is 15.9 Å². The average molecular weight is 389 g/mol. The van der Waals surface area contributed by atoms with Crippen molar-refractivity contribution in [2.45, 2.75) is 38.6 Å². The van der Waals surface area contributed by atoms with Crippen LogP contribution in [0.3, 0.4) is 0 Å². The molecule has 2 heterocycles. The molecule has 1 aliphatic rings. The molecule has 6 heteroatoms. The number of hydrogen-bond donors (Lipinski definition) is 1. The number of carbonyl (C=O) groups excluding carboxylic acids is 1. The van der Waals surface area contributed by atoms with E-state index < -0.39 is 0 Å². The molecule has 2 aromatic rings. The van der Waals surface area contributed by atoms with Crippen molar-refractivity contribution in [1.29, 1.82) is 0 Å². The van der Waals surface area contributed by atoms with Gasteiger partial charge in [-0.25, -0.2) is 0 Å². The van der Waals surface area contributed by atoms with E-state index >= 15 is 0 Å². The van der Waals surface area contributed by atoms with E-state index in [0.717, 1.165) is 36.0 Å². The molecular formula is C18H21BrN4O. The summed E-state index contributed by atoms with van der Waals surface area (Å²) >= 11 is 3.41. The maximum Gasteiger partial charge on any atom is 0.274 e. The van der Waals surface area contributed by atoms with Gasteiger partial charge in [-0.1, -0.05) is 22.9 Å². The Kier molecular flexibility index (Phi) is 5.45. The highest BCUT2D eigenvalue weighted by Crippen LogP contribution is 2.22. The summed E-state index contributed by atoms with van der Waals surface area (Å²) in [7, 11) is 0. The van der Waals surface area contributed by atoms with Crippen LogP contribution < -0.4 is 5.32 Å². The van der Waals surface area contributed by atoms with Crippen LogP contribution in [0.1, 0.15) is 43.1 Å². The van der Waals surface area contributed by atoms with Crippen molar-refractivity contribution in [3.63, 3.8) is 0 Å². The van der Waals surface area contributed by atoms with Gasteiger partial charge in [0.1, 0.15) is 0 Å². The third kappa shape index (κ3) is 3.93. The van der Waals surface area contributed by atoms with Crippen LogP contribution in [0.2, 0.25) is 0 Å². The maximum atomic E-state index is 12.7. The molecule has 0 radical (unpaired) electrons. The van der Waals surface area contributed by atoms with Gasteiger partial charge < -0.3 is 10.2 Å². The summed E-state index contributed by atoms with van der Waals surface area (Å²) in [5.74, 6) is 0.615. The molecule has 0 aliphatic carbocycles. The number of halogens is 1. The molecule has 5 nitrogen and oxygen atoms in total. The summed E-state index contributed by atoms with van der Waals surface area (Å²) in [6.07, 6.45) is 4.34. The lowest BCUT2D eigenvalue weighted by molar-refractivity contribution is 0.0601. The minimum absolute atomic E-state index is 0.00996. The number of rotatable bonds is 4. The van der Waals surface area contributed by atoms with Crippen LogP contribution in [0.25, 0.3) is 0 Å². The Morgan fingerprint density at radius 3 is 2.67 bits per heavy atom. The molecule has 0 spiro atoms. The van der Waals surface area contributed by atoms with Crippen molar-refractivity contribution in [2.75, 3.05) is 11.9 Å². The molecule has 1 atom stereocenters. The Balaban J connectivity index is 1.69. The van der Waals surface area contributed by atoms with Crippen LogP contribution in [0.15, 0.2) is 40.9 Å². The van der Waals surface area contributed by atoms with E-state index in [1.807, 2.05) is 29.2 Å². The highest BCUT2D eigenvalue weighted by atomic mass is 79.9. The second-order valence-corrected chi connectivity index (χ2v) is 6.91. The molecule has 0 saturated carbocycles. The van der Waals surface area contributed by atoms with Crippen LogP contribution in [-0.2, 0) is 0 Å². The predicted octanol–water partition coefficient (Wildman–Crippen LogP) is 4.39. The van der Waals surface area contributed by atoms with Gasteiger partial charge in [0, 0.05) is 22.7 Å². The standard InChI is InChI=1S/C18H21BrN4O/c1-2-15-5-3-4-12-23(15)18(24)16-10-11-17(22-21-16)20-14-8-6-13(19)7-9-14/h6-11,15H,2-5,12H2,1H3,(H,20,22). The van der Waals surface area contributed by atoms with Crippen molar-refractivity contribution in [3.8, 4) is 0 Å². The number of likely N-dealkylation sites (tertiary alicyclic amines) is 1. The van der Waals surface area contributed by atoms with E-state index in [1.54, 1.807) is 12.1 Å². The molecule has 1 fully saturated rings. The van der Waals surface area contributed by atoms with E-state index in [-0.39, 0.29) is 5.91 Å². The summed E-state index contributed by atoms with van der Waals surface area (Å²) in [4.78, 5) is 14.6. The van der Waals surface area contributed by atoms with Crippen molar-refractivity contribution >= 4 is 33.3 Å². The summed E-state index contributed by atoms with van der Waals surface area (Å²) in [5, 5.41) is 11.4. The molecule has 1 unspecified atom stereocenters. The van der Waals surface area contributed by atoms with Gasteiger partial charge in [-0.3, -0.25) is 4.79 Å². The first-order valence-corrected chi connectivity index (χ1v) is 9.14. The Bertz CT molecular complexity index is 687. The Morgan fingerprint density at radius 2 is 2.00 bits per heavy atom. The third-order valence-electron chi connectivity index (χ3n) is 4.36. The first-order valence-electron chi connectivity index (χ1n) is 8.34. The van der Waals surface area contributed by atoms with E-state index in [9.17, 15) is 4.79 Å². The molecule has 1 amide bonds. The molecule has 1 aliphatic heterocycles. The van der Waals surface area contributed by atoms with E-state index in [2.05, 4.69) is 38.4 Å². The number of amides is 1. The van der Waals surface area contributed by atoms with Gasteiger partial charge in [-0.2, -0.15) is 0 Å². The topological polar surface area (TPSA) is 58.1 Å². The first kappa shape index (κ1) is 16.9. The third-order valence-corrected chi connectivity index (χ3v) is 4.89. The monoisotopic (exact) mass is 388 g/mol. The Morgan fingerprint density at radius 1 is 1.21 bits per heavy atom. The molecule has 24 heavy (non-hydrogen) atoms. The number of piperidine rings is 1. The van der Waals surface area contributed by atoms with Crippen LogP contribution in [0.4, 0.5) is 11.5 Å². The smallest absolute Gasteiger partial charge is 0.274 e. The molecule has 126 valence electrons. The normalized spacial score (nSPS) is 17.6. The molecule has 3 rings (SSSR count). The molecule has 1 aromatic heterocycles. The summed E-state index contributed by atoms with van der Waals surface area (Å²) in [6, 6.07) is 11.7. The van der Waals surface area contributed by atoms with E-state index in [4.69, 9.17) is 0 Å². The fourth-order valence-corrected chi connectivity index (χ4v) is 3.30. The van der Waals surface area contributed by atoms with E-state index in [0.29, 0.717) is 17.6 Å². The average Bonchev–Trinajstić information content (AvgIpc) is 2.63. The lowest BCUT2D eigenvalue weighted by atomic mass is 9.99. The van der Waals surface area contributed by atoms with Gasteiger partial charge in [0.15, 0.2) is 11.5 Å². The summed E-state index contributed by atoms with van der Waals surface area (Å²) in [5.41, 5.74) is 1.34. The van der Waals surface area contributed by atoms with Crippen LogP contribution in [-0.4, -0.2) is 33.6 Å².